The Morgan fingerprint density at radius 2 is 1.95 bits per heavy atom. The molecule has 0 saturated carbocycles. The van der Waals surface area contributed by atoms with E-state index in [1.807, 2.05) is 4.90 Å². The first-order valence-corrected chi connectivity index (χ1v) is 6.89. The van der Waals surface area contributed by atoms with Crippen molar-refractivity contribution in [2.24, 2.45) is 0 Å². The molecule has 1 aromatic rings. The third-order valence-electron chi connectivity index (χ3n) is 3.01. The quantitative estimate of drug-likeness (QED) is 0.475. The summed E-state index contributed by atoms with van der Waals surface area (Å²) in [5, 5.41) is 10.7. The maximum atomic E-state index is 10.7. The van der Waals surface area contributed by atoms with Gasteiger partial charge in [0.15, 0.2) is 5.75 Å². The lowest BCUT2D eigenvalue weighted by atomic mass is 10.1. The van der Waals surface area contributed by atoms with E-state index in [-0.39, 0.29) is 11.4 Å². The first-order chi connectivity index (χ1) is 9.08. The van der Waals surface area contributed by atoms with E-state index in [9.17, 15) is 18.9 Å². The van der Waals surface area contributed by atoms with Crippen molar-refractivity contribution in [2.45, 2.75) is 19.3 Å². The summed E-state index contributed by atoms with van der Waals surface area (Å²) in [5.41, 5.74) is 0.385. The number of rotatable bonds is 4. The van der Waals surface area contributed by atoms with E-state index < -0.39 is 16.3 Å². The minimum atomic E-state index is -2.75. The molecule has 1 aliphatic heterocycles. The van der Waals surface area contributed by atoms with Crippen molar-refractivity contribution in [3.05, 3.63) is 28.3 Å². The van der Waals surface area contributed by atoms with Gasteiger partial charge in [-0.1, -0.05) is 0 Å². The van der Waals surface area contributed by atoms with Gasteiger partial charge in [0, 0.05) is 19.2 Å². The van der Waals surface area contributed by atoms with Crippen LogP contribution in [0, 0.1) is 10.1 Å². The molecule has 0 amide bonds. The molecule has 0 aromatic heterocycles. The fourth-order valence-corrected chi connectivity index (χ4v) is 2.43. The van der Waals surface area contributed by atoms with Crippen LogP contribution in [0.2, 0.25) is 0 Å². The minimum absolute atomic E-state index is 0.00410. The minimum Gasteiger partial charge on any atom is -0.740 e. The number of nitro benzene ring substituents is 1. The van der Waals surface area contributed by atoms with Crippen LogP contribution >= 0.6 is 0 Å². The molecule has 1 unspecified atom stereocenters. The Hall–Kier alpha value is -1.67. The third-order valence-corrected chi connectivity index (χ3v) is 3.32. The second kappa shape index (κ2) is 5.98. The fourth-order valence-electron chi connectivity index (χ4n) is 2.15. The average Bonchev–Trinajstić information content (AvgIpc) is 2.39. The van der Waals surface area contributed by atoms with Gasteiger partial charge in [0.25, 0.3) is 5.69 Å². The van der Waals surface area contributed by atoms with E-state index in [1.165, 1.54) is 12.1 Å². The molecule has 19 heavy (non-hydrogen) atoms. The molecular formula is C11H13N2O5S-. The standard InChI is InChI=1S/C11H14N2O5S/c14-13(15)9-4-5-10(11(8-9)18-19(16)17)12-6-2-1-3-7-12/h4-5,8H,1-3,6-7H2,(H,16,17)/p-1. The summed E-state index contributed by atoms with van der Waals surface area (Å²) in [5.74, 6) is 0.00410. The van der Waals surface area contributed by atoms with Crippen LogP contribution in [0.15, 0.2) is 18.2 Å². The Kier molecular flexibility index (Phi) is 4.33. The predicted octanol–water partition coefficient (Wildman–Crippen LogP) is 1.76. The first kappa shape index (κ1) is 13.8. The van der Waals surface area contributed by atoms with Gasteiger partial charge in [-0.15, -0.1) is 0 Å². The van der Waals surface area contributed by atoms with Gasteiger partial charge in [-0.25, -0.2) is 4.21 Å². The van der Waals surface area contributed by atoms with Gasteiger partial charge < -0.3 is 13.6 Å². The van der Waals surface area contributed by atoms with Crippen LogP contribution in [0.5, 0.6) is 5.75 Å². The number of nitro groups is 1. The van der Waals surface area contributed by atoms with Crippen LogP contribution in [0.25, 0.3) is 0 Å². The molecular weight excluding hydrogens is 272 g/mol. The van der Waals surface area contributed by atoms with E-state index in [0.29, 0.717) is 5.69 Å². The molecule has 8 heteroatoms. The van der Waals surface area contributed by atoms with Crippen molar-refractivity contribution in [2.75, 3.05) is 18.0 Å². The Morgan fingerprint density at radius 3 is 2.53 bits per heavy atom. The van der Waals surface area contributed by atoms with Gasteiger partial charge in [-0.2, -0.15) is 0 Å². The molecule has 0 bridgehead atoms. The molecule has 7 nitrogen and oxygen atoms in total. The van der Waals surface area contributed by atoms with E-state index in [4.69, 9.17) is 0 Å². The van der Waals surface area contributed by atoms with E-state index in [2.05, 4.69) is 4.18 Å². The van der Waals surface area contributed by atoms with Crippen molar-refractivity contribution in [3.63, 3.8) is 0 Å². The molecule has 1 aliphatic rings. The molecule has 1 atom stereocenters. The highest BCUT2D eigenvalue weighted by molar-refractivity contribution is 7.74. The summed E-state index contributed by atoms with van der Waals surface area (Å²) in [6.07, 6.45) is 3.15. The summed E-state index contributed by atoms with van der Waals surface area (Å²) in [6.45, 7) is 1.58. The Morgan fingerprint density at radius 1 is 1.26 bits per heavy atom. The number of non-ortho nitro benzene ring substituents is 1. The van der Waals surface area contributed by atoms with E-state index in [1.54, 1.807) is 0 Å². The zero-order chi connectivity index (χ0) is 13.8. The monoisotopic (exact) mass is 285 g/mol. The maximum Gasteiger partial charge on any atom is 0.273 e. The predicted molar refractivity (Wildman–Crippen MR) is 68.7 cm³/mol. The van der Waals surface area contributed by atoms with Gasteiger partial charge in [0.2, 0.25) is 0 Å². The fraction of sp³-hybridized carbons (Fsp3) is 0.455. The third kappa shape index (κ3) is 3.42. The SMILES string of the molecule is O=[N+]([O-])c1ccc(N2CCCCC2)c(OS(=O)[O-])c1. The summed E-state index contributed by atoms with van der Waals surface area (Å²) >= 11 is -2.75. The smallest absolute Gasteiger partial charge is 0.273 e. The zero-order valence-electron chi connectivity index (χ0n) is 10.1. The van der Waals surface area contributed by atoms with Gasteiger partial charge in [-0.3, -0.25) is 10.1 Å². The molecule has 1 aromatic carbocycles. The van der Waals surface area contributed by atoms with Crippen LogP contribution in [-0.4, -0.2) is 26.8 Å². The van der Waals surface area contributed by atoms with Gasteiger partial charge in [0.1, 0.15) is 11.4 Å². The molecule has 0 spiro atoms. The first-order valence-electron chi connectivity index (χ1n) is 5.89. The lowest BCUT2D eigenvalue weighted by molar-refractivity contribution is -0.384. The van der Waals surface area contributed by atoms with Crippen molar-refractivity contribution < 1.29 is 17.9 Å². The number of benzene rings is 1. The number of piperidine rings is 1. The van der Waals surface area contributed by atoms with Gasteiger partial charge in [-0.05, 0) is 25.3 Å². The van der Waals surface area contributed by atoms with Crippen LogP contribution < -0.4 is 9.08 Å². The highest BCUT2D eigenvalue weighted by Gasteiger charge is 2.19. The van der Waals surface area contributed by atoms with E-state index in [0.717, 1.165) is 38.4 Å². The van der Waals surface area contributed by atoms with Gasteiger partial charge >= 0.3 is 0 Å². The summed E-state index contributed by atoms with van der Waals surface area (Å²) in [7, 11) is 0. The Balaban J connectivity index is 2.34. The van der Waals surface area contributed by atoms with Crippen molar-refractivity contribution >= 4 is 22.7 Å². The Labute approximate surface area is 112 Å². The zero-order valence-corrected chi connectivity index (χ0v) is 10.9. The maximum absolute atomic E-state index is 10.7. The number of hydrogen-bond donors (Lipinski definition) is 0. The molecule has 0 N–H and O–H groups in total. The normalized spacial score (nSPS) is 17.0. The molecule has 2 rings (SSSR count). The molecule has 0 radical (unpaired) electrons. The van der Waals surface area contributed by atoms with Crippen molar-refractivity contribution in [1.29, 1.82) is 0 Å². The van der Waals surface area contributed by atoms with Crippen LogP contribution in [0.1, 0.15) is 19.3 Å². The molecule has 1 heterocycles. The largest absolute Gasteiger partial charge is 0.740 e. The number of anilines is 1. The second-order valence-electron chi connectivity index (χ2n) is 4.24. The van der Waals surface area contributed by atoms with Crippen LogP contribution in [-0.2, 0) is 11.4 Å². The highest BCUT2D eigenvalue weighted by atomic mass is 32.2. The van der Waals surface area contributed by atoms with Crippen LogP contribution in [0.3, 0.4) is 0 Å². The average molecular weight is 285 g/mol. The summed E-state index contributed by atoms with van der Waals surface area (Å²) < 4.78 is 26.0. The topological polar surface area (TPSA) is 95.7 Å². The highest BCUT2D eigenvalue weighted by Crippen LogP contribution is 2.34. The molecule has 104 valence electrons. The molecule has 1 fully saturated rings. The molecule has 1 saturated heterocycles. The van der Waals surface area contributed by atoms with E-state index >= 15 is 0 Å². The lowest BCUT2D eigenvalue weighted by Crippen LogP contribution is -2.29. The number of nitrogens with zero attached hydrogens (tertiary/aromatic N) is 2. The van der Waals surface area contributed by atoms with Crippen molar-refractivity contribution in [1.82, 2.24) is 0 Å². The molecule has 0 aliphatic carbocycles. The van der Waals surface area contributed by atoms with Crippen molar-refractivity contribution in [3.8, 4) is 5.75 Å². The second-order valence-corrected chi connectivity index (χ2v) is 4.82. The summed E-state index contributed by atoms with van der Waals surface area (Å²) in [4.78, 5) is 12.1. The van der Waals surface area contributed by atoms with Gasteiger partial charge in [0.05, 0.1) is 16.7 Å². The summed E-state index contributed by atoms with van der Waals surface area (Å²) in [6, 6.07) is 4.02. The number of hydrogen-bond acceptors (Lipinski definition) is 6. The van der Waals surface area contributed by atoms with Crippen LogP contribution in [0.4, 0.5) is 11.4 Å². The lowest BCUT2D eigenvalue weighted by Gasteiger charge is -2.30. The Bertz CT molecular complexity index is 502.